The number of thioether (sulfide) groups is 1. The molecular formula is C20H14Cl4N6O2S2. The Morgan fingerprint density at radius 2 is 1.56 bits per heavy atom. The largest absolute Gasteiger partial charge is 0.491 e. The van der Waals surface area contributed by atoms with Crippen molar-refractivity contribution >= 4 is 85.5 Å². The van der Waals surface area contributed by atoms with Crippen LogP contribution in [-0.2, 0) is 6.61 Å². The van der Waals surface area contributed by atoms with Crippen LogP contribution >= 0.6 is 69.5 Å². The summed E-state index contributed by atoms with van der Waals surface area (Å²) in [5, 5.41) is 11.1. The third kappa shape index (κ3) is 4.51. The number of benzene rings is 2. The Morgan fingerprint density at radius 3 is 2.26 bits per heavy atom. The number of aromatic nitrogens is 1. The zero-order chi connectivity index (χ0) is 24.0. The van der Waals surface area contributed by atoms with E-state index in [4.69, 9.17) is 67.5 Å². The number of fused-ring (bicyclic) bond motifs is 6. The summed E-state index contributed by atoms with van der Waals surface area (Å²) in [4.78, 5) is 5.40. The van der Waals surface area contributed by atoms with Gasteiger partial charge in [-0.15, -0.1) is 5.10 Å². The van der Waals surface area contributed by atoms with Gasteiger partial charge in [0.25, 0.3) is 0 Å². The molecule has 0 saturated heterocycles. The topological polar surface area (TPSA) is 120 Å². The molecule has 1 atom stereocenters. The first-order valence-corrected chi connectivity index (χ1v) is 12.8. The van der Waals surface area contributed by atoms with Gasteiger partial charge in [-0.3, -0.25) is 5.43 Å². The van der Waals surface area contributed by atoms with Gasteiger partial charge in [0.2, 0.25) is 0 Å². The van der Waals surface area contributed by atoms with Gasteiger partial charge >= 0.3 is 0 Å². The Balaban J connectivity index is 0.000000142. The summed E-state index contributed by atoms with van der Waals surface area (Å²) in [6, 6.07) is 6.92. The van der Waals surface area contributed by atoms with E-state index in [9.17, 15) is 0 Å². The average Bonchev–Trinajstić information content (AvgIpc) is 3.25. The van der Waals surface area contributed by atoms with Gasteiger partial charge in [0.1, 0.15) is 24.7 Å². The van der Waals surface area contributed by atoms with Gasteiger partial charge < -0.3 is 15.2 Å². The maximum absolute atomic E-state index is 6.00. The SMILES string of the molecule is NC1=NN=C2c3cc(Cl)c(Cl)cc3OCC2S1.NNc1nc2c(s1)COc1cc(Cl)c(Cl)cc1-2. The van der Waals surface area contributed by atoms with Crippen molar-refractivity contribution in [2.45, 2.75) is 11.9 Å². The van der Waals surface area contributed by atoms with Crippen molar-refractivity contribution in [1.29, 1.82) is 0 Å². The summed E-state index contributed by atoms with van der Waals surface area (Å²) in [5.41, 5.74) is 11.5. The van der Waals surface area contributed by atoms with Crippen LogP contribution in [-0.4, -0.2) is 27.7 Å². The van der Waals surface area contributed by atoms with Gasteiger partial charge in [-0.2, -0.15) is 5.10 Å². The number of amidine groups is 1. The smallest absolute Gasteiger partial charge is 0.197 e. The Hall–Kier alpha value is -1.92. The fourth-order valence-corrected chi connectivity index (χ4v) is 5.68. The molecule has 176 valence electrons. The Kier molecular flexibility index (Phi) is 6.73. The average molecular weight is 576 g/mol. The first-order valence-electron chi connectivity index (χ1n) is 9.62. The summed E-state index contributed by atoms with van der Waals surface area (Å²) in [6.07, 6.45) is 0. The number of nitrogen functional groups attached to an aromatic ring is 1. The number of nitrogens with one attached hydrogen (secondary N) is 1. The van der Waals surface area contributed by atoms with Crippen molar-refractivity contribution in [3.05, 3.63) is 54.8 Å². The van der Waals surface area contributed by atoms with Crippen molar-refractivity contribution < 1.29 is 9.47 Å². The second-order valence-corrected chi connectivity index (χ2v) is 11.0. The Morgan fingerprint density at radius 1 is 0.912 bits per heavy atom. The highest BCUT2D eigenvalue weighted by Crippen LogP contribution is 2.44. The van der Waals surface area contributed by atoms with Crippen LogP contribution in [0, 0.1) is 0 Å². The number of nitrogens with two attached hydrogens (primary N) is 2. The third-order valence-corrected chi connectivity index (χ3v) is 8.34. The molecule has 2 aromatic carbocycles. The molecule has 3 aliphatic heterocycles. The van der Waals surface area contributed by atoms with Crippen molar-refractivity contribution in [3.63, 3.8) is 0 Å². The number of hydrogen-bond donors (Lipinski definition) is 3. The van der Waals surface area contributed by atoms with Gasteiger partial charge in [-0.05, 0) is 12.1 Å². The van der Waals surface area contributed by atoms with Crippen LogP contribution in [0.15, 0.2) is 34.5 Å². The predicted octanol–water partition coefficient (Wildman–Crippen LogP) is 5.81. The van der Waals surface area contributed by atoms with Crippen LogP contribution in [0.5, 0.6) is 11.5 Å². The minimum Gasteiger partial charge on any atom is -0.491 e. The number of halogens is 4. The van der Waals surface area contributed by atoms with Crippen LogP contribution in [0.2, 0.25) is 20.1 Å². The van der Waals surface area contributed by atoms with Crippen LogP contribution in [0.4, 0.5) is 5.13 Å². The molecule has 4 heterocycles. The molecule has 3 aliphatic rings. The minimum atomic E-state index is 0.0669. The van der Waals surface area contributed by atoms with E-state index in [1.54, 1.807) is 24.3 Å². The lowest BCUT2D eigenvalue weighted by Gasteiger charge is -2.27. The van der Waals surface area contributed by atoms with E-state index in [1.165, 1.54) is 23.1 Å². The summed E-state index contributed by atoms with van der Waals surface area (Å²) in [6.45, 7) is 0.977. The quantitative estimate of drug-likeness (QED) is 0.247. The lowest BCUT2D eigenvalue weighted by molar-refractivity contribution is 0.305. The first kappa shape index (κ1) is 23.8. The fraction of sp³-hybridized carbons (Fsp3) is 0.150. The number of thiazole rings is 1. The lowest BCUT2D eigenvalue weighted by Crippen LogP contribution is -2.35. The zero-order valence-corrected chi connectivity index (χ0v) is 21.6. The summed E-state index contributed by atoms with van der Waals surface area (Å²) >= 11 is 26.8. The van der Waals surface area contributed by atoms with Gasteiger partial charge in [0.15, 0.2) is 10.3 Å². The maximum atomic E-state index is 6.00. The molecule has 0 radical (unpaired) electrons. The number of ether oxygens (including phenoxy) is 2. The number of hydrogen-bond acceptors (Lipinski definition) is 10. The van der Waals surface area contributed by atoms with E-state index < -0.39 is 0 Å². The number of anilines is 1. The molecule has 8 nitrogen and oxygen atoms in total. The van der Waals surface area contributed by atoms with Gasteiger partial charge in [0, 0.05) is 23.3 Å². The molecule has 5 N–H and O–H groups in total. The van der Waals surface area contributed by atoms with Crippen molar-refractivity contribution in [3.8, 4) is 22.8 Å². The first-order chi connectivity index (χ1) is 16.3. The van der Waals surface area contributed by atoms with Crippen molar-refractivity contribution in [2.75, 3.05) is 12.0 Å². The van der Waals surface area contributed by atoms with E-state index in [0.717, 1.165) is 27.4 Å². The predicted molar refractivity (Wildman–Crippen MR) is 141 cm³/mol. The number of hydrazine groups is 1. The van der Waals surface area contributed by atoms with E-state index in [-0.39, 0.29) is 5.25 Å². The Bertz CT molecular complexity index is 1360. The molecule has 0 aliphatic carbocycles. The van der Waals surface area contributed by atoms with E-state index in [2.05, 4.69) is 20.6 Å². The summed E-state index contributed by atoms with van der Waals surface area (Å²) in [5.74, 6) is 6.73. The molecule has 34 heavy (non-hydrogen) atoms. The molecule has 0 bridgehead atoms. The van der Waals surface area contributed by atoms with Crippen LogP contribution in [0.1, 0.15) is 10.4 Å². The van der Waals surface area contributed by atoms with Gasteiger partial charge in [-0.1, -0.05) is 69.5 Å². The Labute approximate surface area is 222 Å². The molecule has 6 rings (SSSR count). The van der Waals surface area contributed by atoms with E-state index in [1.807, 2.05) is 0 Å². The zero-order valence-electron chi connectivity index (χ0n) is 16.9. The molecule has 0 spiro atoms. The molecule has 14 heteroatoms. The molecule has 1 aromatic heterocycles. The molecular weight excluding hydrogens is 562 g/mol. The molecule has 0 saturated carbocycles. The second kappa shape index (κ2) is 9.62. The summed E-state index contributed by atoms with van der Waals surface area (Å²) in [7, 11) is 0. The van der Waals surface area contributed by atoms with E-state index in [0.29, 0.717) is 55.1 Å². The number of rotatable bonds is 1. The van der Waals surface area contributed by atoms with Crippen LogP contribution in [0.25, 0.3) is 11.3 Å². The maximum Gasteiger partial charge on any atom is 0.197 e. The van der Waals surface area contributed by atoms with Gasteiger partial charge in [-0.25, -0.2) is 10.8 Å². The highest BCUT2D eigenvalue weighted by Gasteiger charge is 2.31. The standard InChI is InChI=1S/2C10H7Cl2N3OS/c11-5-1-4-7(2-6(5)12)16-3-8-9(4)14-10(15-13)17-8;11-5-1-4-7(2-6(5)12)16-3-8-9(4)14-15-10(13)17-8/h1-2H,3,13H2,(H,14,15);1-2,8H,3H2,(H2,13,15). The molecule has 0 amide bonds. The lowest BCUT2D eigenvalue weighted by atomic mass is 10.0. The van der Waals surface area contributed by atoms with Crippen molar-refractivity contribution in [1.82, 2.24) is 4.98 Å². The highest BCUT2D eigenvalue weighted by atomic mass is 35.5. The van der Waals surface area contributed by atoms with Crippen LogP contribution < -0.4 is 26.5 Å². The number of nitrogens with zero attached hydrogens (tertiary/aromatic N) is 3. The monoisotopic (exact) mass is 574 g/mol. The normalized spacial score (nSPS) is 17.3. The van der Waals surface area contributed by atoms with Gasteiger partial charge in [0.05, 0.1) is 41.6 Å². The molecule has 1 unspecified atom stereocenters. The highest BCUT2D eigenvalue weighted by molar-refractivity contribution is 8.15. The fourth-order valence-electron chi connectivity index (χ4n) is 3.44. The second-order valence-electron chi connectivity index (χ2n) is 7.09. The van der Waals surface area contributed by atoms with Crippen molar-refractivity contribution in [2.24, 2.45) is 21.8 Å². The molecule has 3 aromatic rings. The molecule has 0 fully saturated rings. The third-order valence-electron chi connectivity index (χ3n) is 4.97. The summed E-state index contributed by atoms with van der Waals surface area (Å²) < 4.78 is 11.2. The van der Waals surface area contributed by atoms with Crippen LogP contribution in [0.3, 0.4) is 0 Å². The van der Waals surface area contributed by atoms with E-state index >= 15 is 0 Å². The minimum absolute atomic E-state index is 0.0669.